The Morgan fingerprint density at radius 2 is 1.52 bits per heavy atom. The number of hydrogen-bond acceptors (Lipinski definition) is 2. The van der Waals surface area contributed by atoms with E-state index in [0.717, 1.165) is 56.2 Å². The van der Waals surface area contributed by atoms with Gasteiger partial charge in [0, 0.05) is 9.78 Å². The average Bonchev–Trinajstić information content (AvgIpc) is 2.46. The quantitative estimate of drug-likeness (QED) is 0.350. The molecule has 120 valence electrons. The minimum absolute atomic E-state index is 0.782. The van der Waals surface area contributed by atoms with E-state index in [2.05, 4.69) is 54.9 Å². The van der Waals surface area contributed by atoms with Gasteiger partial charge in [0.1, 0.15) is 0 Å². The molecule has 21 heavy (non-hydrogen) atoms. The molecule has 0 N–H and O–H groups in total. The van der Waals surface area contributed by atoms with Gasteiger partial charge in [-0.1, -0.05) is 56.0 Å². The summed E-state index contributed by atoms with van der Waals surface area (Å²) in [5.74, 6) is 0. The normalized spacial score (nSPS) is 11.3. The minimum Gasteiger partial charge on any atom is -0.331 e. The van der Waals surface area contributed by atoms with Gasteiger partial charge in [-0.05, 0) is 43.0 Å². The van der Waals surface area contributed by atoms with Crippen molar-refractivity contribution in [3.63, 3.8) is 0 Å². The molecule has 0 fully saturated rings. The molecule has 0 aromatic heterocycles. The molecule has 0 spiro atoms. The summed E-state index contributed by atoms with van der Waals surface area (Å²) < 4.78 is 13.2. The Morgan fingerprint density at radius 3 is 2.05 bits per heavy atom. The fourth-order valence-corrected chi connectivity index (χ4v) is 4.14. The molecule has 0 unspecified atom stereocenters. The van der Waals surface area contributed by atoms with Crippen molar-refractivity contribution in [2.24, 2.45) is 0 Å². The fourth-order valence-electron chi connectivity index (χ4n) is 1.94. The molecule has 0 saturated carbocycles. The lowest BCUT2D eigenvalue weighted by Gasteiger charge is -2.19. The molecule has 0 heterocycles. The van der Waals surface area contributed by atoms with Gasteiger partial charge >= 0.3 is 0 Å². The molecule has 0 amide bonds. The van der Waals surface area contributed by atoms with E-state index in [9.17, 15) is 0 Å². The van der Waals surface area contributed by atoms with Crippen LogP contribution in [0, 0.1) is 0 Å². The first kappa shape index (κ1) is 19.1. The summed E-state index contributed by atoms with van der Waals surface area (Å²) >= 11 is 3.61. The standard InChI is InChI=1S/C17H28BrO2P/c1-4-7-10-19-21(20-11-8-5-2)17-13-15(9-6-3)12-16(18)14-17/h12-14H,4-11H2,1-3H3. The smallest absolute Gasteiger partial charge is 0.205 e. The minimum atomic E-state index is -0.952. The van der Waals surface area contributed by atoms with Gasteiger partial charge in [0.15, 0.2) is 0 Å². The second-order valence-electron chi connectivity index (χ2n) is 5.20. The molecule has 1 aromatic carbocycles. The van der Waals surface area contributed by atoms with Gasteiger partial charge in [0.2, 0.25) is 8.38 Å². The first-order valence-electron chi connectivity index (χ1n) is 8.06. The largest absolute Gasteiger partial charge is 0.331 e. The van der Waals surface area contributed by atoms with Crippen LogP contribution in [-0.4, -0.2) is 13.2 Å². The molecule has 0 radical (unpaired) electrons. The highest BCUT2D eigenvalue weighted by atomic mass is 79.9. The van der Waals surface area contributed by atoms with Crippen LogP contribution < -0.4 is 5.30 Å². The van der Waals surface area contributed by atoms with Gasteiger partial charge in [-0.25, -0.2) is 0 Å². The summed E-state index contributed by atoms with van der Waals surface area (Å²) in [6.45, 7) is 8.14. The molecule has 1 rings (SSSR count). The molecular weight excluding hydrogens is 347 g/mol. The van der Waals surface area contributed by atoms with Crippen LogP contribution in [0.2, 0.25) is 0 Å². The molecule has 0 aliphatic heterocycles. The average molecular weight is 375 g/mol. The zero-order valence-electron chi connectivity index (χ0n) is 13.5. The van der Waals surface area contributed by atoms with E-state index in [1.807, 2.05) is 0 Å². The molecule has 0 atom stereocenters. The number of aryl methyl sites for hydroxylation is 1. The second kappa shape index (κ2) is 11.6. The van der Waals surface area contributed by atoms with E-state index in [1.165, 1.54) is 10.9 Å². The zero-order valence-corrected chi connectivity index (χ0v) is 16.0. The Bertz CT molecular complexity index is 388. The van der Waals surface area contributed by atoms with E-state index in [-0.39, 0.29) is 0 Å². The third-order valence-electron chi connectivity index (χ3n) is 3.10. The maximum Gasteiger partial charge on any atom is 0.205 e. The van der Waals surface area contributed by atoms with Crippen LogP contribution in [0.15, 0.2) is 22.7 Å². The van der Waals surface area contributed by atoms with Crippen LogP contribution >= 0.6 is 24.3 Å². The summed E-state index contributed by atoms with van der Waals surface area (Å²) in [5, 5.41) is 1.19. The fraction of sp³-hybridized carbons (Fsp3) is 0.647. The van der Waals surface area contributed by atoms with Gasteiger partial charge in [0.05, 0.1) is 13.2 Å². The van der Waals surface area contributed by atoms with Crippen molar-refractivity contribution in [3.8, 4) is 0 Å². The van der Waals surface area contributed by atoms with Crippen molar-refractivity contribution in [3.05, 3.63) is 28.2 Å². The van der Waals surface area contributed by atoms with Gasteiger partial charge in [0.25, 0.3) is 0 Å². The van der Waals surface area contributed by atoms with Gasteiger partial charge in [-0.2, -0.15) is 0 Å². The van der Waals surface area contributed by atoms with E-state index >= 15 is 0 Å². The van der Waals surface area contributed by atoms with E-state index in [4.69, 9.17) is 9.05 Å². The van der Waals surface area contributed by atoms with Crippen LogP contribution in [0.25, 0.3) is 0 Å². The van der Waals surface area contributed by atoms with Crippen LogP contribution in [0.4, 0.5) is 0 Å². The summed E-state index contributed by atoms with van der Waals surface area (Å²) in [7, 11) is -0.952. The predicted molar refractivity (Wildman–Crippen MR) is 96.4 cm³/mol. The van der Waals surface area contributed by atoms with Crippen molar-refractivity contribution in [2.45, 2.75) is 59.3 Å². The highest BCUT2D eigenvalue weighted by Gasteiger charge is 2.15. The molecule has 1 aromatic rings. The number of benzene rings is 1. The molecule has 0 saturated heterocycles. The Morgan fingerprint density at radius 1 is 0.905 bits per heavy atom. The monoisotopic (exact) mass is 374 g/mol. The summed E-state index contributed by atoms with van der Waals surface area (Å²) in [6, 6.07) is 6.58. The van der Waals surface area contributed by atoms with Gasteiger partial charge in [-0.3, -0.25) is 0 Å². The lowest BCUT2D eigenvalue weighted by molar-refractivity contribution is 0.250. The van der Waals surface area contributed by atoms with Crippen molar-refractivity contribution in [2.75, 3.05) is 13.2 Å². The first-order valence-corrected chi connectivity index (χ1v) is 10.0. The number of unbranched alkanes of at least 4 members (excludes halogenated alkanes) is 2. The highest BCUT2D eigenvalue weighted by molar-refractivity contribution is 9.10. The molecule has 0 aliphatic carbocycles. The molecule has 2 nitrogen and oxygen atoms in total. The Kier molecular flexibility index (Phi) is 10.5. The number of halogens is 1. The zero-order chi connectivity index (χ0) is 15.5. The van der Waals surface area contributed by atoms with Crippen LogP contribution in [-0.2, 0) is 15.5 Å². The second-order valence-corrected chi connectivity index (χ2v) is 7.66. The summed E-state index contributed by atoms with van der Waals surface area (Å²) in [4.78, 5) is 0. The maximum absolute atomic E-state index is 6.03. The van der Waals surface area contributed by atoms with E-state index in [1.54, 1.807) is 0 Å². The summed E-state index contributed by atoms with van der Waals surface area (Å²) in [5.41, 5.74) is 1.35. The van der Waals surface area contributed by atoms with Gasteiger partial charge < -0.3 is 9.05 Å². The Balaban J connectivity index is 2.78. The van der Waals surface area contributed by atoms with Crippen molar-refractivity contribution in [1.82, 2.24) is 0 Å². The number of rotatable bonds is 11. The summed E-state index contributed by atoms with van der Waals surface area (Å²) in [6.07, 6.45) is 6.73. The molecular formula is C17H28BrO2P. The van der Waals surface area contributed by atoms with Gasteiger partial charge in [-0.15, -0.1) is 0 Å². The first-order chi connectivity index (χ1) is 10.2. The Hall–Kier alpha value is 0.0500. The van der Waals surface area contributed by atoms with Crippen LogP contribution in [0.1, 0.15) is 58.4 Å². The third kappa shape index (κ3) is 7.74. The lowest BCUT2D eigenvalue weighted by atomic mass is 10.1. The molecule has 0 bridgehead atoms. The predicted octanol–water partition coefficient (Wildman–Crippen LogP) is 5.97. The van der Waals surface area contributed by atoms with E-state index in [0.29, 0.717) is 0 Å². The van der Waals surface area contributed by atoms with Crippen LogP contribution in [0.5, 0.6) is 0 Å². The number of hydrogen-bond donors (Lipinski definition) is 0. The van der Waals surface area contributed by atoms with Crippen molar-refractivity contribution >= 4 is 29.6 Å². The van der Waals surface area contributed by atoms with Crippen LogP contribution in [0.3, 0.4) is 0 Å². The maximum atomic E-state index is 6.03. The highest BCUT2D eigenvalue weighted by Crippen LogP contribution is 2.38. The van der Waals surface area contributed by atoms with Crippen molar-refractivity contribution in [1.29, 1.82) is 0 Å². The van der Waals surface area contributed by atoms with Crippen molar-refractivity contribution < 1.29 is 9.05 Å². The van der Waals surface area contributed by atoms with E-state index < -0.39 is 8.38 Å². The molecule has 0 aliphatic rings. The topological polar surface area (TPSA) is 18.5 Å². The Labute approximate surface area is 139 Å². The SMILES string of the molecule is CCCCOP(OCCCC)c1cc(Br)cc(CCC)c1. The molecule has 4 heteroatoms. The lowest BCUT2D eigenvalue weighted by Crippen LogP contribution is -2.09. The third-order valence-corrected chi connectivity index (χ3v) is 5.08.